The molecule has 5 rings (SSSR count). The zero-order chi connectivity index (χ0) is 23.3. The Labute approximate surface area is 192 Å². The number of carbonyl (C=O) groups excluding carboxylic acids is 1. The Hall–Kier alpha value is -3.36. The summed E-state index contributed by atoms with van der Waals surface area (Å²) in [5.41, 5.74) is 9.85. The van der Waals surface area contributed by atoms with Crippen molar-refractivity contribution < 1.29 is 18.7 Å². The van der Waals surface area contributed by atoms with Gasteiger partial charge in [-0.1, -0.05) is 5.11 Å². The Bertz CT molecular complexity index is 1400. The van der Waals surface area contributed by atoms with Gasteiger partial charge in [0.25, 0.3) is 0 Å². The Balaban J connectivity index is 1.80. The van der Waals surface area contributed by atoms with Crippen LogP contribution in [0.4, 0.5) is 4.39 Å². The summed E-state index contributed by atoms with van der Waals surface area (Å²) in [7, 11) is 2.66. The van der Waals surface area contributed by atoms with E-state index in [1.807, 2.05) is 10.6 Å². The number of pyridine rings is 1. The summed E-state index contributed by atoms with van der Waals surface area (Å²) in [4.78, 5) is 30.0. The predicted octanol–water partition coefficient (Wildman–Crippen LogP) is 5.69. The number of ether oxygens (including phenoxy) is 2. The Kier molecular flexibility index (Phi) is 5.34. The van der Waals surface area contributed by atoms with Gasteiger partial charge in [-0.2, -0.15) is 0 Å². The highest BCUT2D eigenvalue weighted by atomic mass is 32.1. The van der Waals surface area contributed by atoms with Gasteiger partial charge in [-0.25, -0.2) is 9.18 Å². The fourth-order valence-corrected chi connectivity index (χ4v) is 5.92. The van der Waals surface area contributed by atoms with Crippen molar-refractivity contribution in [1.82, 2.24) is 4.57 Å². The van der Waals surface area contributed by atoms with Crippen LogP contribution >= 0.6 is 11.3 Å². The third kappa shape index (κ3) is 3.46. The van der Waals surface area contributed by atoms with E-state index < -0.39 is 17.2 Å². The number of carbonyl (C=O) groups is 1. The van der Waals surface area contributed by atoms with Crippen molar-refractivity contribution in [2.45, 2.75) is 44.2 Å². The van der Waals surface area contributed by atoms with Crippen LogP contribution in [-0.2, 0) is 11.2 Å². The molecule has 0 N–H and O–H groups in total. The number of aryl methyl sites for hydroxylation is 1. The lowest BCUT2D eigenvalue weighted by molar-refractivity contribution is 0.0598. The minimum Gasteiger partial charge on any atom is -0.494 e. The third-order valence-corrected chi connectivity index (χ3v) is 7.52. The fourth-order valence-electron chi connectivity index (χ4n) is 4.61. The summed E-state index contributed by atoms with van der Waals surface area (Å²) in [6.07, 6.45) is 5.75. The van der Waals surface area contributed by atoms with Crippen LogP contribution in [0.3, 0.4) is 0 Å². The number of fused-ring (bicyclic) bond motifs is 2. The summed E-state index contributed by atoms with van der Waals surface area (Å²) in [6.45, 7) is 0. The average Bonchev–Trinajstić information content (AvgIpc) is 3.57. The van der Waals surface area contributed by atoms with Crippen molar-refractivity contribution in [3.05, 3.63) is 60.8 Å². The van der Waals surface area contributed by atoms with Gasteiger partial charge in [0.1, 0.15) is 11.4 Å². The highest BCUT2D eigenvalue weighted by molar-refractivity contribution is 7.15. The van der Waals surface area contributed by atoms with Gasteiger partial charge in [0.05, 0.1) is 36.7 Å². The molecule has 1 unspecified atom stereocenters. The van der Waals surface area contributed by atoms with E-state index in [0.717, 1.165) is 42.5 Å². The van der Waals surface area contributed by atoms with Crippen LogP contribution in [0.1, 0.15) is 58.6 Å². The molecular weight excluding hydrogens is 447 g/mol. The van der Waals surface area contributed by atoms with Gasteiger partial charge >= 0.3 is 5.97 Å². The number of methoxy groups -OCH3 is 2. The van der Waals surface area contributed by atoms with Gasteiger partial charge < -0.3 is 14.0 Å². The monoisotopic (exact) mass is 468 g/mol. The van der Waals surface area contributed by atoms with E-state index >= 15 is 4.39 Å². The first-order valence-electron chi connectivity index (χ1n) is 10.7. The second-order valence-corrected chi connectivity index (χ2v) is 9.40. The summed E-state index contributed by atoms with van der Waals surface area (Å²) in [5, 5.41) is 3.99. The Morgan fingerprint density at radius 1 is 1.30 bits per heavy atom. The highest BCUT2D eigenvalue weighted by Gasteiger charge is 2.32. The molecule has 0 radical (unpaired) electrons. The number of halogens is 1. The van der Waals surface area contributed by atoms with Gasteiger partial charge in [-0.3, -0.25) is 4.79 Å². The van der Waals surface area contributed by atoms with Gasteiger partial charge in [0.2, 0.25) is 5.43 Å². The number of aromatic nitrogens is 1. The highest BCUT2D eigenvalue weighted by Crippen LogP contribution is 2.48. The van der Waals surface area contributed by atoms with Gasteiger partial charge in [-0.15, -0.1) is 11.3 Å². The van der Waals surface area contributed by atoms with E-state index in [0.29, 0.717) is 10.4 Å². The lowest BCUT2D eigenvalue weighted by atomic mass is 9.94. The van der Waals surface area contributed by atoms with E-state index in [1.54, 1.807) is 0 Å². The molecule has 2 aliphatic rings. The molecule has 1 atom stereocenters. The second kappa shape index (κ2) is 8.20. The van der Waals surface area contributed by atoms with Crippen LogP contribution in [0.5, 0.6) is 5.75 Å². The molecule has 8 nitrogen and oxygen atoms in total. The first-order chi connectivity index (χ1) is 16.0. The van der Waals surface area contributed by atoms with E-state index in [-0.39, 0.29) is 34.3 Å². The molecular formula is C23H21FN4O4S. The topological polar surface area (TPSA) is 106 Å². The summed E-state index contributed by atoms with van der Waals surface area (Å²) in [6, 6.07) is 2.87. The molecule has 0 amide bonds. The molecule has 0 saturated heterocycles. The molecule has 10 heteroatoms. The maximum absolute atomic E-state index is 15.6. The number of nitrogens with zero attached hydrogens (tertiary/aromatic N) is 4. The number of hydrogen-bond donors (Lipinski definition) is 0. The summed E-state index contributed by atoms with van der Waals surface area (Å²) >= 11 is 1.45. The molecule has 1 saturated carbocycles. The standard InChI is InChI=1S/C23H21FN4O4S/c1-31-22-19(18-9-12-16(26-27-25)4-3-5-17(12)33-18)15(24)8-13-20(22)28(11-6-7-11)10-14(21(13)29)23(30)32-2/h8-11,16H,3-7H2,1-2H3. The van der Waals surface area contributed by atoms with Crippen molar-refractivity contribution in [2.75, 3.05) is 14.2 Å². The van der Waals surface area contributed by atoms with Crippen LogP contribution < -0.4 is 10.2 Å². The third-order valence-electron chi connectivity index (χ3n) is 6.29. The van der Waals surface area contributed by atoms with Crippen LogP contribution in [0.25, 0.3) is 31.8 Å². The maximum Gasteiger partial charge on any atom is 0.343 e. The minimum absolute atomic E-state index is 0.0798. The molecule has 33 heavy (non-hydrogen) atoms. The normalized spacial score (nSPS) is 17.4. The quantitative estimate of drug-likeness (QED) is 0.208. The van der Waals surface area contributed by atoms with Crippen LogP contribution in [0, 0.1) is 5.82 Å². The molecule has 0 aliphatic heterocycles. The Morgan fingerprint density at radius 2 is 2.09 bits per heavy atom. The lowest BCUT2D eigenvalue weighted by Gasteiger charge is -2.18. The number of rotatable bonds is 5. The van der Waals surface area contributed by atoms with E-state index in [2.05, 4.69) is 10.0 Å². The molecule has 1 aromatic carbocycles. The fraction of sp³-hybridized carbons (Fsp3) is 0.391. The van der Waals surface area contributed by atoms with Crippen molar-refractivity contribution in [3.8, 4) is 16.2 Å². The average molecular weight is 469 g/mol. The Morgan fingerprint density at radius 3 is 2.76 bits per heavy atom. The number of azide groups is 1. The lowest BCUT2D eigenvalue weighted by Crippen LogP contribution is -2.20. The second-order valence-electron chi connectivity index (χ2n) is 8.27. The van der Waals surface area contributed by atoms with Gasteiger partial charge in [-0.05, 0) is 55.3 Å². The van der Waals surface area contributed by atoms with Gasteiger partial charge in [0.15, 0.2) is 5.75 Å². The number of thiophene rings is 1. The molecule has 0 bridgehead atoms. The molecule has 2 aromatic heterocycles. The summed E-state index contributed by atoms with van der Waals surface area (Å²) < 4.78 is 27.9. The molecule has 2 heterocycles. The van der Waals surface area contributed by atoms with Crippen LogP contribution in [0.15, 0.2) is 28.2 Å². The largest absolute Gasteiger partial charge is 0.494 e. The molecule has 1 fully saturated rings. The van der Waals surface area contributed by atoms with Crippen LogP contribution in [-0.4, -0.2) is 24.8 Å². The SMILES string of the molecule is COC(=O)c1cn(C2CC2)c2c(OC)c(-c3cc4c(s3)CCCC4N=[N+]=[N-])c(F)cc2c1=O. The van der Waals surface area contributed by atoms with Crippen molar-refractivity contribution in [2.24, 2.45) is 5.11 Å². The number of esters is 1. The zero-order valence-corrected chi connectivity index (χ0v) is 18.9. The maximum atomic E-state index is 15.6. The summed E-state index contributed by atoms with van der Waals surface area (Å²) in [5.74, 6) is -1.11. The van der Waals surface area contributed by atoms with E-state index in [9.17, 15) is 9.59 Å². The van der Waals surface area contributed by atoms with E-state index in [4.69, 9.17) is 15.0 Å². The molecule has 3 aromatic rings. The molecule has 2 aliphatic carbocycles. The minimum atomic E-state index is -0.755. The number of hydrogen-bond acceptors (Lipinski definition) is 6. The first-order valence-corrected chi connectivity index (χ1v) is 11.5. The van der Waals surface area contributed by atoms with Crippen molar-refractivity contribution in [1.29, 1.82) is 0 Å². The molecule has 0 spiro atoms. The first kappa shape index (κ1) is 21.5. The smallest absolute Gasteiger partial charge is 0.343 e. The van der Waals surface area contributed by atoms with E-state index in [1.165, 1.54) is 37.8 Å². The molecule has 170 valence electrons. The van der Waals surface area contributed by atoms with Gasteiger partial charge in [0, 0.05) is 26.9 Å². The van der Waals surface area contributed by atoms with Crippen molar-refractivity contribution in [3.63, 3.8) is 0 Å². The predicted molar refractivity (Wildman–Crippen MR) is 122 cm³/mol. The van der Waals surface area contributed by atoms with Crippen molar-refractivity contribution >= 4 is 28.2 Å². The zero-order valence-electron chi connectivity index (χ0n) is 18.1. The van der Waals surface area contributed by atoms with Crippen LogP contribution in [0.2, 0.25) is 0 Å². The number of benzene rings is 1.